The third-order valence-corrected chi connectivity index (χ3v) is 6.91. The fourth-order valence-corrected chi connectivity index (χ4v) is 4.59. The van der Waals surface area contributed by atoms with E-state index in [1.807, 2.05) is 20.8 Å². The zero-order chi connectivity index (χ0) is 19.6. The van der Waals surface area contributed by atoms with Gasteiger partial charge in [-0.2, -0.15) is 0 Å². The summed E-state index contributed by atoms with van der Waals surface area (Å²) < 4.78 is 0.00463. The second-order valence-electron chi connectivity index (χ2n) is 6.39. The number of Topliss-reactive ketones (excluding diaryl/α,β-unsaturated/α-hetero) is 2. The van der Waals surface area contributed by atoms with Crippen LogP contribution in [0.4, 0.5) is 4.79 Å². The summed E-state index contributed by atoms with van der Waals surface area (Å²) in [4.78, 5) is 45.9. The molecule has 0 bridgehead atoms. The summed E-state index contributed by atoms with van der Waals surface area (Å²) in [5.41, 5.74) is 5.35. The minimum atomic E-state index is -1.19. The van der Waals surface area contributed by atoms with E-state index in [2.05, 4.69) is 5.32 Å². The number of thioether (sulfide) groups is 1. The molecule has 7 nitrogen and oxygen atoms in total. The van der Waals surface area contributed by atoms with Crippen molar-refractivity contribution in [2.45, 2.75) is 57.4 Å². The summed E-state index contributed by atoms with van der Waals surface area (Å²) >= 11 is 0.731. The van der Waals surface area contributed by atoms with Crippen molar-refractivity contribution in [1.82, 2.24) is 5.32 Å². The fourth-order valence-electron chi connectivity index (χ4n) is 1.39. The molecular weight excluding hydrogens is 384 g/mol. The molecule has 1 amide bonds. The monoisotopic (exact) mass is 410 g/mol. The Bertz CT molecular complexity index is 494. The van der Waals surface area contributed by atoms with Gasteiger partial charge in [0.05, 0.1) is 6.04 Å². The van der Waals surface area contributed by atoms with Crippen molar-refractivity contribution in [2.24, 2.45) is 5.73 Å². The highest BCUT2D eigenvalue weighted by Crippen LogP contribution is 2.35. The molecule has 0 aromatic carbocycles. The van der Waals surface area contributed by atoms with Crippen molar-refractivity contribution in [3.63, 3.8) is 0 Å². The molecule has 2 atom stereocenters. The van der Waals surface area contributed by atoms with Crippen molar-refractivity contribution in [3.8, 4) is 0 Å². The number of nitrogens with two attached hydrogens (primary N) is 1. The highest BCUT2D eigenvalue weighted by molar-refractivity contribution is 8.77. The second-order valence-corrected chi connectivity index (χ2v) is 10.5. The maximum Gasteiger partial charge on any atom is 0.321 e. The Labute approximate surface area is 160 Å². The minimum absolute atomic E-state index is 0.00463. The third kappa shape index (κ3) is 13.2. The van der Waals surface area contributed by atoms with E-state index in [1.165, 1.54) is 17.7 Å². The Kier molecular flexibility index (Phi) is 11.5. The van der Waals surface area contributed by atoms with E-state index in [-0.39, 0.29) is 34.9 Å². The van der Waals surface area contributed by atoms with E-state index >= 15 is 0 Å². The first-order chi connectivity index (χ1) is 11.4. The Morgan fingerprint density at radius 3 is 2.20 bits per heavy atom. The summed E-state index contributed by atoms with van der Waals surface area (Å²) in [5.74, 6) is -1.20. The van der Waals surface area contributed by atoms with E-state index in [0.29, 0.717) is 5.75 Å². The van der Waals surface area contributed by atoms with Gasteiger partial charge in [-0.1, -0.05) is 54.1 Å². The molecule has 0 radical (unpaired) electrons. The highest BCUT2D eigenvalue weighted by Gasteiger charge is 2.23. The number of ketones is 2. The molecule has 0 heterocycles. The smallest absolute Gasteiger partial charge is 0.321 e. The summed E-state index contributed by atoms with van der Waals surface area (Å²) in [5, 5.41) is 10.8. The lowest BCUT2D eigenvalue weighted by molar-refractivity contribution is -0.137. The summed E-state index contributed by atoms with van der Waals surface area (Å²) in [6.07, 6.45) is 0.208. The second kappa shape index (κ2) is 11.8. The number of carboxylic acid groups (broad SMARTS) is 1. The molecule has 25 heavy (non-hydrogen) atoms. The molecule has 0 aliphatic rings. The van der Waals surface area contributed by atoms with Gasteiger partial charge in [0.15, 0.2) is 5.78 Å². The van der Waals surface area contributed by atoms with E-state index in [9.17, 15) is 19.2 Å². The van der Waals surface area contributed by atoms with Gasteiger partial charge < -0.3 is 21.0 Å². The number of aliphatic carboxylic acids is 1. The SMILES string of the molecule is CC(=O)CCC(=O)[C@H](CSSC(C)(C)C)NC(=O)SC[C@H](N)C(=O)O. The zero-order valence-corrected chi connectivity index (χ0v) is 17.3. The van der Waals surface area contributed by atoms with Crippen molar-refractivity contribution < 1.29 is 24.3 Å². The van der Waals surface area contributed by atoms with Gasteiger partial charge in [0, 0.05) is 29.1 Å². The van der Waals surface area contributed by atoms with Crippen LogP contribution < -0.4 is 11.1 Å². The molecule has 4 N–H and O–H groups in total. The number of rotatable bonds is 11. The topological polar surface area (TPSA) is 127 Å². The molecule has 144 valence electrons. The molecule has 0 aromatic heterocycles. The molecule has 0 aliphatic heterocycles. The first kappa shape index (κ1) is 24.3. The minimum Gasteiger partial charge on any atom is -0.480 e. The van der Waals surface area contributed by atoms with Gasteiger partial charge in [-0.05, 0) is 6.92 Å². The first-order valence-electron chi connectivity index (χ1n) is 7.67. The molecule has 0 aromatic rings. The normalized spacial score (nSPS) is 13.8. The van der Waals surface area contributed by atoms with Gasteiger partial charge in [0.2, 0.25) is 0 Å². The Morgan fingerprint density at radius 2 is 1.72 bits per heavy atom. The average Bonchev–Trinajstić information content (AvgIpc) is 2.47. The van der Waals surface area contributed by atoms with Crippen molar-refractivity contribution in [1.29, 1.82) is 0 Å². The molecule has 0 rings (SSSR count). The van der Waals surface area contributed by atoms with E-state index in [1.54, 1.807) is 10.8 Å². The van der Waals surface area contributed by atoms with E-state index < -0.39 is 23.3 Å². The highest BCUT2D eigenvalue weighted by atomic mass is 33.1. The molecule has 0 spiro atoms. The molecule has 0 aliphatic carbocycles. The third-order valence-electron chi connectivity index (χ3n) is 2.66. The van der Waals surface area contributed by atoms with E-state index in [0.717, 1.165) is 11.8 Å². The number of carbonyl (C=O) groups is 4. The summed E-state index contributed by atoms with van der Waals surface area (Å²) in [6, 6.07) is -1.87. The zero-order valence-electron chi connectivity index (χ0n) is 14.9. The van der Waals surface area contributed by atoms with Crippen LogP contribution in [-0.4, -0.2) is 56.2 Å². The molecule has 0 saturated carbocycles. The molecule has 0 saturated heterocycles. The average molecular weight is 411 g/mol. The number of carboxylic acids is 1. The molecule has 10 heteroatoms. The van der Waals surface area contributed by atoms with Crippen LogP contribution in [0.2, 0.25) is 0 Å². The van der Waals surface area contributed by atoms with Crippen molar-refractivity contribution in [2.75, 3.05) is 11.5 Å². The van der Waals surface area contributed by atoms with Crippen LogP contribution in [0.5, 0.6) is 0 Å². The van der Waals surface area contributed by atoms with Crippen LogP contribution in [0.15, 0.2) is 0 Å². The number of nitrogens with one attached hydrogen (secondary N) is 1. The number of hydrogen-bond donors (Lipinski definition) is 3. The maximum atomic E-state index is 12.3. The lowest BCUT2D eigenvalue weighted by atomic mass is 10.1. The van der Waals surface area contributed by atoms with Gasteiger partial charge in [-0.25, -0.2) is 0 Å². The standard InChI is InChI=1S/C15H26N2O5S3/c1-9(18)5-6-12(19)11(8-24-25-15(2,3)4)17-14(22)23-7-10(16)13(20)21/h10-11H,5-8,16H2,1-4H3,(H,17,22)(H,20,21)/t10-,11-/m0/s1. The predicted molar refractivity (Wildman–Crippen MR) is 105 cm³/mol. The fraction of sp³-hybridized carbons (Fsp3) is 0.733. The quantitative estimate of drug-likeness (QED) is 0.440. The van der Waals surface area contributed by atoms with Gasteiger partial charge in [-0.3, -0.25) is 14.4 Å². The van der Waals surface area contributed by atoms with Crippen LogP contribution in [0.3, 0.4) is 0 Å². The Hall–Kier alpha value is -0.710. The maximum absolute atomic E-state index is 12.3. The first-order valence-corrected chi connectivity index (χ1v) is 11.0. The van der Waals surface area contributed by atoms with Crippen LogP contribution in [-0.2, 0) is 14.4 Å². The summed E-state index contributed by atoms with van der Waals surface area (Å²) in [6.45, 7) is 7.53. The van der Waals surface area contributed by atoms with Crippen molar-refractivity contribution >= 4 is 56.1 Å². The Balaban J connectivity index is 4.64. The lowest BCUT2D eigenvalue weighted by Crippen LogP contribution is -2.42. The van der Waals surface area contributed by atoms with Crippen LogP contribution >= 0.6 is 33.3 Å². The van der Waals surface area contributed by atoms with Gasteiger partial charge >= 0.3 is 5.97 Å². The predicted octanol–water partition coefficient (Wildman–Crippen LogP) is 2.33. The Morgan fingerprint density at radius 1 is 1.12 bits per heavy atom. The largest absolute Gasteiger partial charge is 0.480 e. The molecule has 0 unspecified atom stereocenters. The van der Waals surface area contributed by atoms with E-state index in [4.69, 9.17) is 10.8 Å². The van der Waals surface area contributed by atoms with Crippen LogP contribution in [0.1, 0.15) is 40.5 Å². The van der Waals surface area contributed by atoms with Gasteiger partial charge in [-0.15, -0.1) is 0 Å². The summed E-state index contributed by atoms with van der Waals surface area (Å²) in [7, 11) is 3.06. The molecule has 0 fully saturated rings. The number of hydrogen-bond acceptors (Lipinski definition) is 8. The van der Waals surface area contributed by atoms with Gasteiger partial charge in [0.25, 0.3) is 5.24 Å². The lowest BCUT2D eigenvalue weighted by Gasteiger charge is -2.20. The van der Waals surface area contributed by atoms with Crippen LogP contribution in [0, 0.1) is 0 Å². The van der Waals surface area contributed by atoms with Gasteiger partial charge in [0.1, 0.15) is 11.8 Å². The van der Waals surface area contributed by atoms with Crippen molar-refractivity contribution in [3.05, 3.63) is 0 Å². The number of amides is 1. The number of carbonyl (C=O) groups excluding carboxylic acids is 3. The molecular formula is C15H26N2O5S3. The van der Waals surface area contributed by atoms with Crippen LogP contribution in [0.25, 0.3) is 0 Å².